The van der Waals surface area contributed by atoms with Crippen LogP contribution in [0.4, 0.5) is 0 Å². The van der Waals surface area contributed by atoms with Gasteiger partial charge in [-0.3, -0.25) is 4.79 Å². The lowest BCUT2D eigenvalue weighted by Gasteiger charge is -2.06. The normalized spacial score (nSPS) is 10.5. The highest BCUT2D eigenvalue weighted by Crippen LogP contribution is 2.13. The minimum absolute atomic E-state index is 0.105. The third-order valence-electron chi connectivity index (χ3n) is 3.40. The van der Waals surface area contributed by atoms with Crippen LogP contribution in [0.5, 0.6) is 5.75 Å². The zero-order valence-electron chi connectivity index (χ0n) is 13.1. The Bertz CT molecular complexity index is 916. The maximum Gasteiger partial charge on any atom is 0.338 e. The molecule has 2 aromatic carbocycles. The van der Waals surface area contributed by atoms with E-state index in [1.165, 1.54) is 0 Å². The third-order valence-corrected chi connectivity index (χ3v) is 3.40. The van der Waals surface area contributed by atoms with Crippen LogP contribution in [0.15, 0.2) is 53.3 Å². The van der Waals surface area contributed by atoms with Crippen LogP contribution < -0.4 is 10.3 Å². The molecule has 0 radical (unpaired) electrons. The topological polar surface area (TPSA) is 81.3 Å². The van der Waals surface area contributed by atoms with Crippen LogP contribution in [0.2, 0.25) is 0 Å². The number of hydrogen-bond acceptors (Lipinski definition) is 5. The van der Waals surface area contributed by atoms with Crippen molar-refractivity contribution < 1.29 is 14.3 Å². The molecule has 24 heavy (non-hydrogen) atoms. The van der Waals surface area contributed by atoms with Crippen molar-refractivity contribution in [2.75, 3.05) is 6.61 Å². The van der Waals surface area contributed by atoms with E-state index >= 15 is 0 Å². The molecule has 0 saturated carbocycles. The molecule has 1 aromatic heterocycles. The molecular weight excluding hydrogens is 308 g/mol. The monoisotopic (exact) mass is 324 g/mol. The summed E-state index contributed by atoms with van der Waals surface area (Å²) in [5.74, 6) is 0.501. The van der Waals surface area contributed by atoms with E-state index in [9.17, 15) is 9.59 Å². The van der Waals surface area contributed by atoms with Gasteiger partial charge in [-0.2, -0.15) is 0 Å². The molecule has 3 aromatic rings. The fraction of sp³-hybridized carbons (Fsp3) is 0.167. The Labute approximate surface area is 138 Å². The maximum atomic E-state index is 12.1. The molecule has 122 valence electrons. The van der Waals surface area contributed by atoms with Crippen molar-refractivity contribution in [3.63, 3.8) is 0 Å². The quantitative estimate of drug-likeness (QED) is 0.730. The molecule has 0 bridgehead atoms. The molecule has 0 aliphatic rings. The van der Waals surface area contributed by atoms with Crippen molar-refractivity contribution in [3.8, 4) is 5.75 Å². The Hall–Kier alpha value is -3.15. The van der Waals surface area contributed by atoms with Crippen molar-refractivity contribution >= 4 is 16.9 Å². The lowest BCUT2D eigenvalue weighted by atomic mass is 10.2. The Kier molecular flexibility index (Phi) is 4.56. The number of fused-ring (bicyclic) bond motifs is 1. The van der Waals surface area contributed by atoms with Crippen LogP contribution in [0, 0.1) is 0 Å². The molecule has 0 aliphatic carbocycles. The number of para-hydroxylation sites is 1. The van der Waals surface area contributed by atoms with Crippen molar-refractivity contribution in [2.45, 2.75) is 13.5 Å². The van der Waals surface area contributed by atoms with Gasteiger partial charge in [0.25, 0.3) is 5.56 Å². The Morgan fingerprint density at radius 1 is 1.12 bits per heavy atom. The first-order valence-corrected chi connectivity index (χ1v) is 7.55. The van der Waals surface area contributed by atoms with E-state index in [-0.39, 0.29) is 12.2 Å². The number of aromatic amines is 1. The SMILES string of the molecule is CCOc1ccc(C(=O)OCc2nc3ccccc3c(=O)[nH]2)cc1. The number of aromatic nitrogens is 2. The predicted octanol–water partition coefficient (Wildman–Crippen LogP) is 2.68. The van der Waals surface area contributed by atoms with Gasteiger partial charge in [0.15, 0.2) is 0 Å². The van der Waals surface area contributed by atoms with E-state index in [4.69, 9.17) is 9.47 Å². The van der Waals surface area contributed by atoms with E-state index < -0.39 is 5.97 Å². The highest BCUT2D eigenvalue weighted by Gasteiger charge is 2.09. The van der Waals surface area contributed by atoms with Gasteiger partial charge in [0, 0.05) is 0 Å². The van der Waals surface area contributed by atoms with Gasteiger partial charge in [0.1, 0.15) is 18.2 Å². The van der Waals surface area contributed by atoms with Crippen molar-refractivity contribution in [1.82, 2.24) is 9.97 Å². The molecule has 0 atom stereocenters. The van der Waals surface area contributed by atoms with Crippen molar-refractivity contribution in [1.29, 1.82) is 0 Å². The molecular formula is C18H16N2O4. The lowest BCUT2D eigenvalue weighted by Crippen LogP contribution is -2.14. The van der Waals surface area contributed by atoms with Gasteiger partial charge in [-0.25, -0.2) is 9.78 Å². The number of nitrogens with one attached hydrogen (secondary N) is 1. The Morgan fingerprint density at radius 3 is 2.62 bits per heavy atom. The van der Waals surface area contributed by atoms with Gasteiger partial charge in [0.2, 0.25) is 0 Å². The molecule has 0 amide bonds. The first-order valence-electron chi connectivity index (χ1n) is 7.55. The summed E-state index contributed by atoms with van der Waals surface area (Å²) in [4.78, 5) is 30.9. The number of carbonyl (C=O) groups is 1. The van der Waals surface area contributed by atoms with E-state index in [2.05, 4.69) is 9.97 Å². The molecule has 0 spiro atoms. The minimum atomic E-state index is -0.492. The molecule has 0 fully saturated rings. The average Bonchev–Trinajstić information content (AvgIpc) is 2.61. The highest BCUT2D eigenvalue weighted by atomic mass is 16.5. The van der Waals surface area contributed by atoms with Crippen molar-refractivity contribution in [3.05, 3.63) is 70.3 Å². The number of esters is 1. The Morgan fingerprint density at radius 2 is 1.88 bits per heavy atom. The molecule has 6 nitrogen and oxygen atoms in total. The largest absolute Gasteiger partial charge is 0.494 e. The van der Waals surface area contributed by atoms with E-state index in [1.54, 1.807) is 48.5 Å². The summed E-state index contributed by atoms with van der Waals surface area (Å²) in [5.41, 5.74) is 0.711. The number of nitrogens with zero attached hydrogens (tertiary/aromatic N) is 1. The second-order valence-electron chi connectivity index (χ2n) is 5.06. The summed E-state index contributed by atoms with van der Waals surface area (Å²) in [5, 5.41) is 0.499. The number of rotatable bonds is 5. The number of hydrogen-bond donors (Lipinski definition) is 1. The van der Waals surface area contributed by atoms with Crippen molar-refractivity contribution in [2.24, 2.45) is 0 Å². The predicted molar refractivity (Wildman–Crippen MR) is 89.1 cm³/mol. The van der Waals surface area contributed by atoms with Gasteiger partial charge in [0.05, 0.1) is 23.1 Å². The van der Waals surface area contributed by atoms with Crippen LogP contribution in [0.25, 0.3) is 10.9 Å². The summed E-state index contributed by atoms with van der Waals surface area (Å²) < 4.78 is 10.5. The number of carbonyl (C=O) groups excluding carboxylic acids is 1. The van der Waals surface area contributed by atoms with Gasteiger partial charge >= 0.3 is 5.97 Å². The second-order valence-corrected chi connectivity index (χ2v) is 5.06. The molecule has 6 heteroatoms. The molecule has 1 heterocycles. The Balaban J connectivity index is 1.71. The van der Waals surface area contributed by atoms with Gasteiger partial charge in [-0.1, -0.05) is 12.1 Å². The van der Waals surface area contributed by atoms with E-state index in [0.717, 1.165) is 0 Å². The standard InChI is InChI=1S/C18H16N2O4/c1-2-23-13-9-7-12(8-10-13)18(22)24-11-16-19-15-6-4-3-5-14(15)17(21)20-16/h3-10H,2,11H2,1H3,(H,19,20,21). The van der Waals surface area contributed by atoms with Gasteiger partial charge < -0.3 is 14.5 Å². The molecule has 0 unspecified atom stereocenters. The minimum Gasteiger partial charge on any atom is -0.494 e. The smallest absolute Gasteiger partial charge is 0.338 e. The van der Waals surface area contributed by atoms with Crippen LogP contribution >= 0.6 is 0 Å². The molecule has 0 saturated heterocycles. The van der Waals surface area contributed by atoms with E-state index in [0.29, 0.717) is 34.6 Å². The lowest BCUT2D eigenvalue weighted by molar-refractivity contribution is 0.0462. The summed E-state index contributed by atoms with van der Waals surface area (Å²) in [6, 6.07) is 13.7. The van der Waals surface area contributed by atoms with Gasteiger partial charge in [-0.05, 0) is 43.3 Å². The van der Waals surface area contributed by atoms with E-state index in [1.807, 2.05) is 6.92 Å². The fourth-order valence-corrected chi connectivity index (χ4v) is 2.27. The van der Waals surface area contributed by atoms with Crippen LogP contribution in [0.1, 0.15) is 23.1 Å². The zero-order valence-corrected chi connectivity index (χ0v) is 13.1. The summed E-state index contributed by atoms with van der Waals surface area (Å²) in [6.07, 6.45) is 0. The first-order chi connectivity index (χ1) is 11.7. The number of H-pyrrole nitrogens is 1. The molecule has 3 rings (SSSR count). The zero-order chi connectivity index (χ0) is 16.9. The average molecular weight is 324 g/mol. The summed E-state index contributed by atoms with van der Waals surface area (Å²) >= 11 is 0. The van der Waals surface area contributed by atoms with Gasteiger partial charge in [-0.15, -0.1) is 0 Å². The second kappa shape index (κ2) is 6.95. The third kappa shape index (κ3) is 3.43. The fourth-order valence-electron chi connectivity index (χ4n) is 2.27. The van der Waals surface area contributed by atoms with Crippen LogP contribution in [0.3, 0.4) is 0 Å². The van der Waals surface area contributed by atoms with Crippen LogP contribution in [-0.4, -0.2) is 22.5 Å². The molecule has 1 N–H and O–H groups in total. The molecule has 0 aliphatic heterocycles. The maximum absolute atomic E-state index is 12.1. The number of benzene rings is 2. The highest BCUT2D eigenvalue weighted by molar-refractivity contribution is 5.89. The first kappa shape index (κ1) is 15.7. The summed E-state index contributed by atoms with van der Waals surface area (Å²) in [7, 11) is 0. The van der Waals surface area contributed by atoms with Crippen LogP contribution in [-0.2, 0) is 11.3 Å². The summed E-state index contributed by atoms with van der Waals surface area (Å²) in [6.45, 7) is 2.34. The number of ether oxygens (including phenoxy) is 2.